The lowest BCUT2D eigenvalue weighted by atomic mass is 9.98. The van der Waals surface area contributed by atoms with Crippen molar-refractivity contribution in [3.8, 4) is 0 Å². The summed E-state index contributed by atoms with van der Waals surface area (Å²) in [7, 11) is -4.05. The molecule has 0 aliphatic heterocycles. The van der Waals surface area contributed by atoms with Gasteiger partial charge < -0.3 is 8.92 Å². The van der Waals surface area contributed by atoms with E-state index in [0.29, 0.717) is 29.7 Å². The third-order valence-electron chi connectivity index (χ3n) is 4.91. The van der Waals surface area contributed by atoms with E-state index in [4.69, 9.17) is 8.92 Å². The highest BCUT2D eigenvalue weighted by molar-refractivity contribution is 7.87. The molecule has 0 heterocycles. The molecule has 0 fully saturated rings. The van der Waals surface area contributed by atoms with Crippen LogP contribution in [0.5, 0.6) is 0 Å². The van der Waals surface area contributed by atoms with Crippen LogP contribution in [0.4, 0.5) is 0 Å². The molecular formula is C26H26O5S. The summed E-state index contributed by atoms with van der Waals surface area (Å²) in [6.07, 6.45) is 0.520. The Hall–Kier alpha value is -3.38. The average Bonchev–Trinajstić information content (AvgIpc) is 2.80. The van der Waals surface area contributed by atoms with Crippen LogP contribution in [0.3, 0.4) is 0 Å². The van der Waals surface area contributed by atoms with E-state index < -0.39 is 16.1 Å². The molecule has 0 atom stereocenters. The van der Waals surface area contributed by atoms with Crippen molar-refractivity contribution in [3.63, 3.8) is 0 Å². The fourth-order valence-corrected chi connectivity index (χ4v) is 4.22. The average molecular weight is 451 g/mol. The first kappa shape index (κ1) is 23.3. The van der Waals surface area contributed by atoms with Gasteiger partial charge in [-0.3, -0.25) is 0 Å². The highest BCUT2D eigenvalue weighted by Gasteiger charge is 2.22. The fourth-order valence-electron chi connectivity index (χ4n) is 3.24. The molecule has 0 spiro atoms. The number of hydrogen-bond donors (Lipinski definition) is 0. The van der Waals surface area contributed by atoms with Gasteiger partial charge in [-0.25, -0.2) is 4.79 Å². The Kier molecular flexibility index (Phi) is 7.49. The molecule has 0 unspecified atom stereocenters. The Bertz CT molecular complexity index is 1190. The number of carbonyl (C=O) groups is 1. The van der Waals surface area contributed by atoms with Gasteiger partial charge in [0, 0.05) is 11.1 Å². The van der Waals surface area contributed by atoms with Gasteiger partial charge in [0.05, 0.1) is 12.2 Å². The molecule has 0 aliphatic rings. The maximum Gasteiger partial charge on any atom is 0.339 e. The minimum absolute atomic E-state index is 0.0876. The van der Waals surface area contributed by atoms with E-state index in [2.05, 4.69) is 0 Å². The molecule has 0 radical (unpaired) electrons. The summed E-state index contributed by atoms with van der Waals surface area (Å²) in [5, 5.41) is 0. The third kappa shape index (κ3) is 5.45. The van der Waals surface area contributed by atoms with Crippen LogP contribution in [0.1, 0.15) is 47.3 Å². The fraction of sp³-hybridized carbons (Fsp3) is 0.192. The highest BCUT2D eigenvalue weighted by Crippen LogP contribution is 2.33. The van der Waals surface area contributed by atoms with Crippen LogP contribution >= 0.6 is 0 Å². The van der Waals surface area contributed by atoms with E-state index >= 15 is 0 Å². The molecule has 5 nitrogen and oxygen atoms in total. The summed E-state index contributed by atoms with van der Waals surface area (Å²) in [5.41, 5.74) is 3.51. The Labute approximate surface area is 189 Å². The van der Waals surface area contributed by atoms with Crippen LogP contribution in [0.2, 0.25) is 0 Å². The number of benzene rings is 3. The van der Waals surface area contributed by atoms with Gasteiger partial charge >= 0.3 is 16.1 Å². The van der Waals surface area contributed by atoms with Crippen molar-refractivity contribution in [2.24, 2.45) is 0 Å². The number of aryl methyl sites for hydroxylation is 1. The summed E-state index contributed by atoms with van der Waals surface area (Å²) in [6.45, 7) is 5.87. The zero-order chi connectivity index (χ0) is 23.1. The van der Waals surface area contributed by atoms with Crippen molar-refractivity contribution < 1.29 is 22.1 Å². The van der Waals surface area contributed by atoms with E-state index in [0.717, 1.165) is 11.1 Å². The van der Waals surface area contributed by atoms with Gasteiger partial charge in [-0.2, -0.15) is 8.42 Å². The van der Waals surface area contributed by atoms with Crippen molar-refractivity contribution in [1.82, 2.24) is 0 Å². The van der Waals surface area contributed by atoms with E-state index in [1.165, 1.54) is 12.1 Å². The normalized spacial score (nSPS) is 12.1. The van der Waals surface area contributed by atoms with Crippen LogP contribution in [-0.4, -0.2) is 21.0 Å². The lowest BCUT2D eigenvalue weighted by Crippen LogP contribution is -2.08. The quantitative estimate of drug-likeness (QED) is 0.186. The molecule has 3 aromatic rings. The third-order valence-corrected chi connectivity index (χ3v) is 6.15. The van der Waals surface area contributed by atoms with E-state index in [1.807, 2.05) is 44.2 Å². The van der Waals surface area contributed by atoms with Crippen molar-refractivity contribution in [2.75, 3.05) is 6.61 Å². The number of esters is 1. The molecule has 3 aromatic carbocycles. The molecule has 0 aromatic heterocycles. The van der Waals surface area contributed by atoms with Gasteiger partial charge in [0.15, 0.2) is 5.76 Å². The molecule has 0 saturated heterocycles. The van der Waals surface area contributed by atoms with Crippen LogP contribution in [0, 0.1) is 6.92 Å². The first-order chi connectivity index (χ1) is 15.4. The van der Waals surface area contributed by atoms with Gasteiger partial charge in [0.2, 0.25) is 0 Å². The molecule has 166 valence electrons. The van der Waals surface area contributed by atoms with Gasteiger partial charge in [0.25, 0.3) is 0 Å². The van der Waals surface area contributed by atoms with Crippen molar-refractivity contribution in [2.45, 2.75) is 32.1 Å². The maximum atomic E-state index is 13.1. The second-order valence-corrected chi connectivity index (χ2v) is 8.72. The standard InChI is InChI=1S/C26H26O5S/c1-4-24(20-13-15-22(16-14-20)26(27)30-5-2)25(21-9-7-6-8-10-21)31-32(28,29)23-17-11-19(3)12-18-23/h6-18H,4-5H2,1-3H3/b25-24+. The number of hydrogen-bond acceptors (Lipinski definition) is 5. The smallest absolute Gasteiger partial charge is 0.339 e. The highest BCUT2D eigenvalue weighted by atomic mass is 32.2. The van der Waals surface area contributed by atoms with Crippen LogP contribution < -0.4 is 0 Å². The Morgan fingerprint density at radius 3 is 1.94 bits per heavy atom. The zero-order valence-corrected chi connectivity index (χ0v) is 19.2. The Morgan fingerprint density at radius 2 is 1.38 bits per heavy atom. The molecule has 0 aliphatic carbocycles. The Balaban J connectivity index is 2.09. The maximum absolute atomic E-state index is 13.1. The monoisotopic (exact) mass is 450 g/mol. The second-order valence-electron chi connectivity index (χ2n) is 7.18. The van der Waals surface area contributed by atoms with E-state index in [1.54, 1.807) is 43.3 Å². The van der Waals surface area contributed by atoms with Crippen LogP contribution in [-0.2, 0) is 19.0 Å². The lowest BCUT2D eigenvalue weighted by molar-refractivity contribution is 0.0526. The van der Waals surface area contributed by atoms with Crippen molar-refractivity contribution >= 4 is 27.4 Å². The number of rotatable bonds is 8. The Morgan fingerprint density at radius 1 is 0.781 bits per heavy atom. The summed E-state index contributed by atoms with van der Waals surface area (Å²) in [6, 6.07) is 22.5. The van der Waals surface area contributed by atoms with Gasteiger partial charge in [0.1, 0.15) is 4.90 Å². The second kappa shape index (κ2) is 10.3. The molecular weight excluding hydrogens is 424 g/mol. The van der Waals surface area contributed by atoms with E-state index in [-0.39, 0.29) is 10.7 Å². The molecule has 0 amide bonds. The first-order valence-corrected chi connectivity index (χ1v) is 11.8. The van der Waals surface area contributed by atoms with Gasteiger partial charge in [-0.1, -0.05) is 67.1 Å². The number of ether oxygens (including phenoxy) is 1. The molecule has 0 bridgehead atoms. The number of allylic oxidation sites excluding steroid dienone is 1. The summed E-state index contributed by atoms with van der Waals surface area (Å²) < 4.78 is 36.9. The lowest BCUT2D eigenvalue weighted by Gasteiger charge is -2.17. The number of carbonyl (C=O) groups excluding carboxylic acids is 1. The summed E-state index contributed by atoms with van der Waals surface area (Å²) in [5.74, 6) is -0.139. The molecule has 32 heavy (non-hydrogen) atoms. The van der Waals surface area contributed by atoms with Crippen LogP contribution in [0.25, 0.3) is 11.3 Å². The van der Waals surface area contributed by atoms with Gasteiger partial charge in [-0.15, -0.1) is 0 Å². The minimum atomic E-state index is -4.05. The molecule has 6 heteroatoms. The summed E-state index contributed by atoms with van der Waals surface area (Å²) in [4.78, 5) is 12.1. The van der Waals surface area contributed by atoms with Crippen LogP contribution in [0.15, 0.2) is 83.8 Å². The predicted octanol–water partition coefficient (Wildman–Crippen LogP) is 5.86. The SMILES string of the molecule is CCOC(=O)c1ccc(/C(CC)=C(/OS(=O)(=O)c2ccc(C)cc2)c2ccccc2)cc1. The predicted molar refractivity (Wildman–Crippen MR) is 125 cm³/mol. The summed E-state index contributed by atoms with van der Waals surface area (Å²) >= 11 is 0. The van der Waals surface area contributed by atoms with Crippen molar-refractivity contribution in [1.29, 1.82) is 0 Å². The zero-order valence-electron chi connectivity index (χ0n) is 18.4. The molecule has 0 saturated carbocycles. The van der Waals surface area contributed by atoms with Gasteiger partial charge in [-0.05, 0) is 50.1 Å². The topological polar surface area (TPSA) is 69.7 Å². The van der Waals surface area contributed by atoms with E-state index in [9.17, 15) is 13.2 Å². The minimum Gasteiger partial charge on any atom is -0.462 e. The molecule has 0 N–H and O–H groups in total. The largest absolute Gasteiger partial charge is 0.462 e. The van der Waals surface area contributed by atoms with Crippen molar-refractivity contribution in [3.05, 3.63) is 101 Å². The molecule has 3 rings (SSSR count). The first-order valence-electron chi connectivity index (χ1n) is 10.4.